The van der Waals surface area contributed by atoms with Crippen molar-refractivity contribution in [3.8, 4) is 0 Å². The summed E-state index contributed by atoms with van der Waals surface area (Å²) in [5.41, 5.74) is 4.25. The number of hydrogen-bond donors (Lipinski definition) is 0. The summed E-state index contributed by atoms with van der Waals surface area (Å²) in [6, 6.07) is 7.56. The van der Waals surface area contributed by atoms with Crippen molar-refractivity contribution in [1.29, 1.82) is 0 Å². The monoisotopic (exact) mass is 295 g/mol. The van der Waals surface area contributed by atoms with Gasteiger partial charge in [0.1, 0.15) is 0 Å². The van der Waals surface area contributed by atoms with Crippen LogP contribution in [0, 0.1) is 19.8 Å². The van der Waals surface area contributed by atoms with Crippen LogP contribution in [0.3, 0.4) is 0 Å². The van der Waals surface area contributed by atoms with Crippen LogP contribution in [0.4, 0.5) is 0 Å². The van der Waals surface area contributed by atoms with Gasteiger partial charge in [-0.05, 0) is 49.4 Å². The molecule has 0 bridgehead atoms. The lowest BCUT2D eigenvalue weighted by atomic mass is 10.0. The number of likely N-dealkylation sites (tertiary alicyclic amines) is 1. The zero-order chi connectivity index (χ0) is 12.4. The fourth-order valence-corrected chi connectivity index (χ4v) is 3.72. The van der Waals surface area contributed by atoms with Crippen molar-refractivity contribution >= 4 is 15.9 Å². The number of benzene rings is 1. The second-order valence-corrected chi connectivity index (χ2v) is 6.02. The topological polar surface area (TPSA) is 3.24 Å². The first kappa shape index (κ1) is 13.1. The molecule has 2 rings (SSSR count). The third kappa shape index (κ3) is 2.92. The molecule has 0 radical (unpaired) electrons. The lowest BCUT2D eigenvalue weighted by molar-refractivity contribution is 0.244. The Kier molecular flexibility index (Phi) is 4.26. The maximum Gasteiger partial charge on any atom is 0.0237 e. The zero-order valence-corrected chi connectivity index (χ0v) is 12.6. The van der Waals surface area contributed by atoms with E-state index in [1.54, 1.807) is 0 Å². The van der Waals surface area contributed by atoms with Gasteiger partial charge in [-0.1, -0.05) is 41.1 Å². The molecule has 17 heavy (non-hydrogen) atoms. The van der Waals surface area contributed by atoms with Gasteiger partial charge in [0.25, 0.3) is 0 Å². The Bertz CT molecular complexity index is 389. The van der Waals surface area contributed by atoms with Crippen molar-refractivity contribution in [3.63, 3.8) is 0 Å². The summed E-state index contributed by atoms with van der Waals surface area (Å²) in [6.45, 7) is 9.09. The minimum atomic E-state index is 0.705. The number of nitrogens with zero attached hydrogens (tertiary/aromatic N) is 1. The van der Waals surface area contributed by atoms with Crippen molar-refractivity contribution in [2.75, 3.05) is 11.9 Å². The maximum atomic E-state index is 3.65. The van der Waals surface area contributed by atoms with E-state index < -0.39 is 0 Å². The Morgan fingerprint density at radius 1 is 1.29 bits per heavy atom. The van der Waals surface area contributed by atoms with E-state index in [2.05, 4.69) is 59.8 Å². The van der Waals surface area contributed by atoms with Crippen LogP contribution in [0.15, 0.2) is 18.2 Å². The van der Waals surface area contributed by atoms with E-state index in [4.69, 9.17) is 0 Å². The highest BCUT2D eigenvalue weighted by molar-refractivity contribution is 9.09. The second kappa shape index (κ2) is 5.53. The van der Waals surface area contributed by atoms with Crippen molar-refractivity contribution in [3.05, 3.63) is 34.9 Å². The molecule has 2 heteroatoms. The number of aryl methyl sites for hydroxylation is 2. The summed E-state index contributed by atoms with van der Waals surface area (Å²) < 4.78 is 0. The number of rotatable bonds is 3. The van der Waals surface area contributed by atoms with Crippen LogP contribution in [0.2, 0.25) is 0 Å². The van der Waals surface area contributed by atoms with Crippen LogP contribution in [-0.4, -0.2) is 22.8 Å². The summed E-state index contributed by atoms with van der Waals surface area (Å²) >= 11 is 3.65. The predicted octanol–water partition coefficient (Wildman–Crippen LogP) is 3.91. The van der Waals surface area contributed by atoms with Crippen LogP contribution < -0.4 is 0 Å². The van der Waals surface area contributed by atoms with E-state index in [-0.39, 0.29) is 0 Å². The van der Waals surface area contributed by atoms with Gasteiger partial charge in [0.15, 0.2) is 0 Å². The summed E-state index contributed by atoms with van der Waals surface area (Å²) in [7, 11) is 0. The van der Waals surface area contributed by atoms with Crippen molar-refractivity contribution in [2.45, 2.75) is 39.8 Å². The van der Waals surface area contributed by atoms with Gasteiger partial charge in [0.2, 0.25) is 0 Å². The largest absolute Gasteiger partial charge is 0.295 e. The van der Waals surface area contributed by atoms with E-state index >= 15 is 0 Å². The number of halogens is 1. The highest BCUT2D eigenvalue weighted by Gasteiger charge is 2.29. The molecule has 0 amide bonds. The first-order valence-corrected chi connectivity index (χ1v) is 7.60. The highest BCUT2D eigenvalue weighted by atomic mass is 79.9. The van der Waals surface area contributed by atoms with Gasteiger partial charge in [0, 0.05) is 17.9 Å². The lowest BCUT2D eigenvalue weighted by Crippen LogP contribution is -2.32. The average Bonchev–Trinajstić information content (AvgIpc) is 2.64. The van der Waals surface area contributed by atoms with Gasteiger partial charge in [-0.3, -0.25) is 4.90 Å². The number of alkyl halides is 1. The summed E-state index contributed by atoms with van der Waals surface area (Å²) in [6.07, 6.45) is 1.33. The SMILES string of the molecule is Cc1ccc(CN2CCC(C)C2CBr)cc1C. The third-order valence-electron chi connectivity index (χ3n) is 4.11. The zero-order valence-electron chi connectivity index (χ0n) is 11.0. The molecule has 94 valence electrons. The number of hydrogen-bond acceptors (Lipinski definition) is 1. The van der Waals surface area contributed by atoms with Gasteiger partial charge in [0.05, 0.1) is 0 Å². The molecule has 0 aromatic heterocycles. The van der Waals surface area contributed by atoms with Crippen LogP contribution in [0.25, 0.3) is 0 Å². The van der Waals surface area contributed by atoms with Gasteiger partial charge in [-0.2, -0.15) is 0 Å². The van der Waals surface area contributed by atoms with E-state index in [0.717, 1.165) is 17.8 Å². The average molecular weight is 296 g/mol. The van der Waals surface area contributed by atoms with E-state index in [9.17, 15) is 0 Å². The lowest BCUT2D eigenvalue weighted by Gasteiger charge is -2.25. The summed E-state index contributed by atoms with van der Waals surface area (Å²) in [4.78, 5) is 2.61. The Labute approximate surface area is 113 Å². The molecule has 1 aromatic rings. The molecule has 1 nitrogen and oxygen atoms in total. The molecular weight excluding hydrogens is 274 g/mol. The first-order chi connectivity index (χ1) is 8.11. The highest BCUT2D eigenvalue weighted by Crippen LogP contribution is 2.27. The van der Waals surface area contributed by atoms with E-state index in [1.165, 1.54) is 29.7 Å². The van der Waals surface area contributed by atoms with Crippen LogP contribution >= 0.6 is 15.9 Å². The molecule has 1 aliphatic heterocycles. The summed E-state index contributed by atoms with van der Waals surface area (Å²) in [5.74, 6) is 0.820. The smallest absolute Gasteiger partial charge is 0.0237 e. The Morgan fingerprint density at radius 2 is 2.06 bits per heavy atom. The fraction of sp³-hybridized carbons (Fsp3) is 0.600. The van der Waals surface area contributed by atoms with Crippen molar-refractivity contribution in [2.24, 2.45) is 5.92 Å². The molecule has 0 spiro atoms. The van der Waals surface area contributed by atoms with Crippen molar-refractivity contribution in [1.82, 2.24) is 4.90 Å². The molecule has 1 aliphatic rings. The van der Waals surface area contributed by atoms with E-state index in [1.807, 2.05) is 0 Å². The molecule has 2 unspecified atom stereocenters. The first-order valence-electron chi connectivity index (χ1n) is 6.48. The molecule has 1 heterocycles. The fourth-order valence-electron chi connectivity index (χ4n) is 2.67. The predicted molar refractivity (Wildman–Crippen MR) is 77.7 cm³/mol. The maximum absolute atomic E-state index is 3.65. The van der Waals surface area contributed by atoms with Gasteiger partial charge < -0.3 is 0 Å². The minimum absolute atomic E-state index is 0.705. The Morgan fingerprint density at radius 3 is 2.71 bits per heavy atom. The van der Waals surface area contributed by atoms with Gasteiger partial charge in [-0.15, -0.1) is 0 Å². The molecular formula is C15H22BrN. The molecule has 0 N–H and O–H groups in total. The van der Waals surface area contributed by atoms with Gasteiger partial charge in [-0.25, -0.2) is 0 Å². The minimum Gasteiger partial charge on any atom is -0.295 e. The molecule has 1 fully saturated rings. The standard InChI is InChI=1S/C15H22BrN/c1-11-4-5-14(8-13(11)3)10-17-7-6-12(2)15(17)9-16/h4-5,8,12,15H,6-7,9-10H2,1-3H3. The molecule has 2 atom stereocenters. The van der Waals surface area contributed by atoms with Crippen LogP contribution in [0.5, 0.6) is 0 Å². The summed E-state index contributed by atoms with van der Waals surface area (Å²) in [5, 5.41) is 1.10. The normalized spacial score (nSPS) is 25.4. The quantitative estimate of drug-likeness (QED) is 0.764. The third-order valence-corrected chi connectivity index (χ3v) is 4.78. The Balaban J connectivity index is 2.07. The molecule has 1 saturated heterocycles. The second-order valence-electron chi connectivity index (χ2n) is 5.38. The van der Waals surface area contributed by atoms with Crippen LogP contribution in [0.1, 0.15) is 30.0 Å². The molecule has 0 aliphatic carbocycles. The Hall–Kier alpha value is -0.340. The van der Waals surface area contributed by atoms with Gasteiger partial charge >= 0.3 is 0 Å². The molecule has 1 aromatic carbocycles. The van der Waals surface area contributed by atoms with Crippen LogP contribution in [-0.2, 0) is 6.54 Å². The van der Waals surface area contributed by atoms with Crippen molar-refractivity contribution < 1.29 is 0 Å². The van der Waals surface area contributed by atoms with E-state index in [0.29, 0.717) is 6.04 Å². The molecule has 0 saturated carbocycles.